The van der Waals surface area contributed by atoms with Crippen LogP contribution in [0.15, 0.2) is 24.5 Å². The molecule has 0 aromatic carbocycles. The van der Waals surface area contributed by atoms with Gasteiger partial charge in [-0.15, -0.1) is 0 Å². The zero-order chi connectivity index (χ0) is 9.68. The van der Waals surface area contributed by atoms with Gasteiger partial charge in [-0.05, 0) is 6.07 Å². The molecule has 0 bridgehead atoms. The van der Waals surface area contributed by atoms with Gasteiger partial charge in [-0.2, -0.15) is 0 Å². The molecule has 86 valence electrons. The van der Waals surface area contributed by atoms with Crippen molar-refractivity contribution in [2.75, 3.05) is 7.11 Å². The number of aromatic nitrogens is 1. The van der Waals surface area contributed by atoms with E-state index in [1.165, 1.54) is 7.11 Å². The first-order valence-electron chi connectivity index (χ1n) is 4.10. The summed E-state index contributed by atoms with van der Waals surface area (Å²) in [6.45, 7) is 0. The summed E-state index contributed by atoms with van der Waals surface area (Å²) >= 11 is 0. The number of hydrogen-bond donors (Lipinski definition) is 1. The summed E-state index contributed by atoms with van der Waals surface area (Å²) in [5, 5.41) is 0. The largest absolute Gasteiger partial charge is 1.00 e. The maximum absolute atomic E-state index is 10.9. The minimum absolute atomic E-state index is 0. The Morgan fingerprint density at radius 1 is 1.60 bits per heavy atom. The fourth-order valence-corrected chi connectivity index (χ4v) is 1.06. The van der Waals surface area contributed by atoms with E-state index in [1.807, 2.05) is 24.5 Å². The van der Waals surface area contributed by atoms with Gasteiger partial charge in [0.05, 0.1) is 12.7 Å². The number of carbonyl (C=O) groups excluding carboxylic acids is 1. The Bertz CT molecular complexity index is 283. The minimum atomic E-state index is -0.233. The fourth-order valence-electron chi connectivity index (χ4n) is 1.06. The molecule has 0 fully saturated rings. The van der Waals surface area contributed by atoms with Crippen LogP contribution in [-0.4, -0.2) is 13.1 Å². The number of aromatic amines is 1. The predicted molar refractivity (Wildman–Crippen MR) is 45.3 cm³/mol. The number of H-pyrrole nitrogens is 1. The summed E-state index contributed by atoms with van der Waals surface area (Å²) in [5.41, 5.74) is 4.88. The van der Waals surface area contributed by atoms with E-state index in [0.717, 1.165) is 5.56 Å². The van der Waals surface area contributed by atoms with Crippen molar-refractivity contribution in [2.24, 2.45) is 0 Å². The first-order chi connectivity index (χ1) is 6.24. The van der Waals surface area contributed by atoms with Gasteiger partial charge in [-0.1, -0.05) is 0 Å². The van der Waals surface area contributed by atoms with Gasteiger partial charge in [-0.3, -0.25) is 4.79 Å². The number of carbonyl (C=O) groups is 1. The molecule has 0 saturated heterocycles. The van der Waals surface area contributed by atoms with Crippen molar-refractivity contribution in [3.63, 3.8) is 0 Å². The third-order valence-electron chi connectivity index (χ3n) is 1.84. The van der Waals surface area contributed by atoms with Gasteiger partial charge in [0.1, 0.15) is 12.5 Å². The second kappa shape index (κ2) is 8.47. The third-order valence-corrected chi connectivity index (χ3v) is 1.84. The van der Waals surface area contributed by atoms with Gasteiger partial charge in [0.2, 0.25) is 0 Å². The van der Waals surface area contributed by atoms with Crippen LogP contribution in [0, 0.1) is 0 Å². The first kappa shape index (κ1) is 16.6. The van der Waals surface area contributed by atoms with Crippen molar-refractivity contribution in [1.29, 1.82) is 0 Å². The molecule has 0 radical (unpaired) electrons. The standard InChI is InChI=1S/C9H12N2O2.2ClH/c1-13-9(12)5-8(10)7-3-2-4-11-6-7;;/h2-4,6,8H,5,10H2,1H3;2*1H/t8-;;/m0../s1. The molecule has 1 aromatic heterocycles. The summed E-state index contributed by atoms with van der Waals surface area (Å²) in [6.07, 6.45) is 3.96. The highest BCUT2D eigenvalue weighted by Crippen LogP contribution is 2.09. The number of ether oxygens (including phenoxy) is 1. The Balaban J connectivity index is 0. The molecule has 0 amide bonds. The Kier molecular flexibility index (Phi) is 9.36. The van der Waals surface area contributed by atoms with Crippen LogP contribution in [0.4, 0.5) is 0 Å². The van der Waals surface area contributed by atoms with Gasteiger partial charge in [0.25, 0.3) is 0 Å². The second-order valence-corrected chi connectivity index (χ2v) is 2.81. The number of hydrogen-bond acceptors (Lipinski definition) is 2. The van der Waals surface area contributed by atoms with E-state index in [4.69, 9.17) is 0 Å². The first-order valence-corrected chi connectivity index (χ1v) is 4.10. The lowest BCUT2D eigenvalue weighted by molar-refractivity contribution is -0.432. The van der Waals surface area contributed by atoms with Crippen LogP contribution >= 0.6 is 0 Å². The fraction of sp³-hybridized carbons (Fsp3) is 0.333. The zero-order valence-electron chi connectivity index (χ0n) is 8.37. The summed E-state index contributed by atoms with van der Waals surface area (Å²) in [6, 6.07) is 3.76. The quantitative estimate of drug-likeness (QED) is 0.544. The van der Waals surface area contributed by atoms with Crippen LogP contribution in [0.25, 0.3) is 0 Å². The average molecular weight is 253 g/mol. The van der Waals surface area contributed by atoms with Crippen LogP contribution in [0.3, 0.4) is 0 Å². The highest BCUT2D eigenvalue weighted by Gasteiger charge is 2.16. The Hall–Kier alpha value is -0.840. The molecule has 15 heavy (non-hydrogen) atoms. The molecule has 6 heteroatoms. The molecule has 4 nitrogen and oxygen atoms in total. The van der Waals surface area contributed by atoms with E-state index in [2.05, 4.69) is 15.5 Å². The van der Waals surface area contributed by atoms with Crippen molar-refractivity contribution in [1.82, 2.24) is 0 Å². The van der Waals surface area contributed by atoms with Gasteiger partial charge in [0, 0.05) is 6.07 Å². The molecule has 0 unspecified atom stereocenters. The van der Waals surface area contributed by atoms with Crippen LogP contribution in [0.1, 0.15) is 18.0 Å². The minimum Gasteiger partial charge on any atom is -1.00 e. The molecule has 1 aromatic rings. The number of quaternary nitrogens is 1. The SMILES string of the molecule is COC(=O)C[C@H]([NH3+])c1ccc[nH+]c1.[Cl-].[Cl-]. The monoisotopic (exact) mass is 252 g/mol. The molecule has 1 rings (SSSR count). The van der Waals surface area contributed by atoms with E-state index < -0.39 is 0 Å². The number of methoxy groups -OCH3 is 1. The van der Waals surface area contributed by atoms with E-state index in [-0.39, 0.29) is 36.8 Å². The molecular formula is C9H14Cl2N2O2. The lowest BCUT2D eigenvalue weighted by Crippen LogP contribution is -3.00. The highest BCUT2D eigenvalue weighted by atomic mass is 35.5. The molecular weight excluding hydrogens is 239 g/mol. The molecule has 0 aliphatic carbocycles. The van der Waals surface area contributed by atoms with E-state index >= 15 is 0 Å². The van der Waals surface area contributed by atoms with Crippen molar-refractivity contribution >= 4 is 5.97 Å². The molecule has 1 atom stereocenters. The van der Waals surface area contributed by atoms with Crippen molar-refractivity contribution < 1.29 is 45.1 Å². The van der Waals surface area contributed by atoms with E-state index in [9.17, 15) is 4.79 Å². The molecule has 0 aliphatic heterocycles. The van der Waals surface area contributed by atoms with Gasteiger partial charge in [0.15, 0.2) is 12.4 Å². The normalized spacial score (nSPS) is 10.5. The van der Waals surface area contributed by atoms with Crippen LogP contribution < -0.4 is 35.5 Å². The van der Waals surface area contributed by atoms with Crippen molar-refractivity contribution in [3.05, 3.63) is 30.1 Å². The molecule has 0 saturated carbocycles. The molecule has 1 heterocycles. The number of rotatable bonds is 3. The Morgan fingerprint density at radius 2 is 2.27 bits per heavy atom. The van der Waals surface area contributed by atoms with Gasteiger partial charge >= 0.3 is 5.97 Å². The smallest absolute Gasteiger partial charge is 0.311 e. The average Bonchev–Trinajstić information content (AvgIpc) is 2.19. The van der Waals surface area contributed by atoms with E-state index in [0.29, 0.717) is 6.42 Å². The Labute approximate surface area is 101 Å². The molecule has 4 N–H and O–H groups in total. The zero-order valence-corrected chi connectivity index (χ0v) is 9.89. The lowest BCUT2D eigenvalue weighted by Gasteiger charge is -2.04. The summed E-state index contributed by atoms with van der Waals surface area (Å²) in [4.78, 5) is 13.9. The lowest BCUT2D eigenvalue weighted by atomic mass is 10.1. The number of esters is 1. The maximum atomic E-state index is 10.9. The molecule has 0 spiro atoms. The Morgan fingerprint density at radius 3 is 2.73 bits per heavy atom. The van der Waals surface area contributed by atoms with E-state index in [1.54, 1.807) is 0 Å². The summed E-state index contributed by atoms with van der Waals surface area (Å²) < 4.78 is 4.55. The van der Waals surface area contributed by atoms with Gasteiger partial charge < -0.3 is 35.3 Å². The topological polar surface area (TPSA) is 68.1 Å². The van der Waals surface area contributed by atoms with Crippen LogP contribution in [0.5, 0.6) is 0 Å². The maximum Gasteiger partial charge on any atom is 0.311 e. The second-order valence-electron chi connectivity index (χ2n) is 2.81. The van der Waals surface area contributed by atoms with Crippen molar-refractivity contribution in [2.45, 2.75) is 12.5 Å². The number of pyridine rings is 1. The number of nitrogens with one attached hydrogen (secondary N) is 1. The number of halogens is 2. The molecule has 0 aliphatic rings. The summed E-state index contributed by atoms with van der Waals surface area (Å²) in [5.74, 6) is -0.233. The summed E-state index contributed by atoms with van der Waals surface area (Å²) in [7, 11) is 1.38. The highest BCUT2D eigenvalue weighted by molar-refractivity contribution is 5.69. The van der Waals surface area contributed by atoms with Crippen LogP contribution in [0.2, 0.25) is 0 Å². The van der Waals surface area contributed by atoms with Crippen LogP contribution in [-0.2, 0) is 9.53 Å². The van der Waals surface area contributed by atoms with Gasteiger partial charge in [-0.25, -0.2) is 4.98 Å². The third kappa shape index (κ3) is 5.57. The predicted octanol–water partition coefficient (Wildman–Crippen LogP) is -6.65. The van der Waals surface area contributed by atoms with Crippen molar-refractivity contribution in [3.8, 4) is 0 Å².